The van der Waals surface area contributed by atoms with Crippen molar-refractivity contribution in [1.82, 2.24) is 5.06 Å². The molecule has 0 saturated carbocycles. The lowest BCUT2D eigenvalue weighted by Crippen LogP contribution is -2.58. The number of unbranched alkanes of at least 4 members (excludes halogenated alkanes) is 1. The topological polar surface area (TPSA) is 23.5 Å². The van der Waals surface area contributed by atoms with E-state index in [1.807, 2.05) is 0 Å². The van der Waals surface area contributed by atoms with Gasteiger partial charge in [-0.1, -0.05) is 37.6 Å². The third kappa shape index (κ3) is 3.67. The number of benzene rings is 1. The fourth-order valence-electron chi connectivity index (χ4n) is 3.84. The van der Waals surface area contributed by atoms with Gasteiger partial charge in [0.15, 0.2) is 0 Å². The Labute approximate surface area is 130 Å². The molecule has 0 spiro atoms. The standard InChI is InChI=1S/C19H31NO/c1-6-7-8-15-9-11-16(12-10-15)17-13-18(2,3)20(21)19(4,5)14-17/h9-12,17,21H,6-8,13-14H2,1-5H3. The highest BCUT2D eigenvalue weighted by atomic mass is 16.5. The molecule has 0 radical (unpaired) electrons. The molecule has 0 aliphatic carbocycles. The highest BCUT2D eigenvalue weighted by Gasteiger charge is 2.45. The third-order valence-corrected chi connectivity index (χ3v) is 4.91. The Hall–Kier alpha value is -0.860. The molecule has 2 rings (SSSR count). The second-order valence-electron chi connectivity index (χ2n) is 7.89. The maximum atomic E-state index is 10.4. The fraction of sp³-hybridized carbons (Fsp3) is 0.684. The van der Waals surface area contributed by atoms with E-state index in [1.165, 1.54) is 30.4 Å². The zero-order chi connectivity index (χ0) is 15.7. The van der Waals surface area contributed by atoms with Gasteiger partial charge in [0.1, 0.15) is 0 Å². The number of hydrogen-bond acceptors (Lipinski definition) is 2. The van der Waals surface area contributed by atoms with Gasteiger partial charge in [-0.05, 0) is 70.4 Å². The predicted molar refractivity (Wildman–Crippen MR) is 88.8 cm³/mol. The molecule has 1 aromatic carbocycles. The van der Waals surface area contributed by atoms with Crippen LogP contribution >= 0.6 is 0 Å². The summed E-state index contributed by atoms with van der Waals surface area (Å²) >= 11 is 0. The number of nitrogens with zero attached hydrogens (tertiary/aromatic N) is 1. The molecule has 2 nitrogen and oxygen atoms in total. The van der Waals surface area contributed by atoms with E-state index in [0.717, 1.165) is 12.8 Å². The SMILES string of the molecule is CCCCc1ccc(C2CC(C)(C)N(O)C(C)(C)C2)cc1. The van der Waals surface area contributed by atoms with Crippen molar-refractivity contribution in [3.05, 3.63) is 35.4 Å². The van der Waals surface area contributed by atoms with Gasteiger partial charge in [-0.3, -0.25) is 0 Å². The van der Waals surface area contributed by atoms with Crippen molar-refractivity contribution >= 4 is 0 Å². The average Bonchev–Trinajstić information content (AvgIpc) is 2.42. The molecule has 1 heterocycles. The van der Waals surface area contributed by atoms with Crippen LogP contribution in [0.3, 0.4) is 0 Å². The number of aryl methyl sites for hydroxylation is 1. The van der Waals surface area contributed by atoms with Crippen LogP contribution in [0.4, 0.5) is 0 Å². The van der Waals surface area contributed by atoms with E-state index >= 15 is 0 Å². The first-order chi connectivity index (χ1) is 9.76. The first kappa shape index (κ1) is 16.5. The summed E-state index contributed by atoms with van der Waals surface area (Å²) in [6, 6.07) is 9.18. The Kier molecular flexibility index (Phi) is 4.79. The lowest BCUT2D eigenvalue weighted by molar-refractivity contribution is -0.245. The van der Waals surface area contributed by atoms with Crippen molar-refractivity contribution in [2.24, 2.45) is 0 Å². The van der Waals surface area contributed by atoms with Gasteiger partial charge in [0.25, 0.3) is 0 Å². The molecule has 1 aliphatic rings. The summed E-state index contributed by atoms with van der Waals surface area (Å²) in [5.41, 5.74) is 2.52. The molecule has 1 N–H and O–H groups in total. The van der Waals surface area contributed by atoms with Crippen LogP contribution in [-0.4, -0.2) is 21.3 Å². The highest BCUT2D eigenvalue weighted by Crippen LogP contribution is 2.44. The van der Waals surface area contributed by atoms with Gasteiger partial charge in [0, 0.05) is 11.1 Å². The summed E-state index contributed by atoms with van der Waals surface area (Å²) in [4.78, 5) is 0. The quantitative estimate of drug-likeness (QED) is 0.828. The number of rotatable bonds is 4. The molecule has 0 amide bonds. The second-order valence-corrected chi connectivity index (χ2v) is 7.89. The van der Waals surface area contributed by atoms with Crippen LogP contribution in [0.1, 0.15) is 77.3 Å². The van der Waals surface area contributed by atoms with Gasteiger partial charge in [-0.15, -0.1) is 0 Å². The molecule has 0 unspecified atom stereocenters. The van der Waals surface area contributed by atoms with Crippen molar-refractivity contribution in [2.75, 3.05) is 0 Å². The largest absolute Gasteiger partial charge is 0.313 e. The molecule has 1 fully saturated rings. The summed E-state index contributed by atoms with van der Waals surface area (Å²) in [5.74, 6) is 0.527. The third-order valence-electron chi connectivity index (χ3n) is 4.91. The molecule has 0 atom stereocenters. The number of hydroxylamine groups is 2. The number of piperidine rings is 1. The van der Waals surface area contributed by atoms with Crippen LogP contribution in [0, 0.1) is 0 Å². The summed E-state index contributed by atoms with van der Waals surface area (Å²) < 4.78 is 0. The first-order valence-electron chi connectivity index (χ1n) is 8.34. The number of hydrogen-bond donors (Lipinski definition) is 1. The van der Waals surface area contributed by atoms with Gasteiger partial charge in [0.2, 0.25) is 0 Å². The summed E-state index contributed by atoms with van der Waals surface area (Å²) in [6.45, 7) is 10.8. The molecule has 1 aliphatic heterocycles. The Morgan fingerprint density at radius 3 is 2.05 bits per heavy atom. The van der Waals surface area contributed by atoms with Gasteiger partial charge in [-0.2, -0.15) is 5.06 Å². The maximum Gasteiger partial charge on any atom is 0.0416 e. The first-order valence-corrected chi connectivity index (χ1v) is 8.34. The molecule has 2 heteroatoms. The molecule has 118 valence electrons. The highest BCUT2D eigenvalue weighted by molar-refractivity contribution is 5.27. The van der Waals surface area contributed by atoms with Crippen molar-refractivity contribution < 1.29 is 5.21 Å². The van der Waals surface area contributed by atoms with Gasteiger partial charge in [-0.25, -0.2) is 0 Å². The van der Waals surface area contributed by atoms with Crippen molar-refractivity contribution in [3.8, 4) is 0 Å². The molecule has 0 aromatic heterocycles. The monoisotopic (exact) mass is 289 g/mol. The Morgan fingerprint density at radius 2 is 1.57 bits per heavy atom. The van der Waals surface area contributed by atoms with E-state index in [0.29, 0.717) is 5.92 Å². The van der Waals surface area contributed by atoms with E-state index < -0.39 is 0 Å². The van der Waals surface area contributed by atoms with Crippen molar-refractivity contribution in [2.45, 2.75) is 83.7 Å². The predicted octanol–water partition coefficient (Wildman–Crippen LogP) is 5.16. The van der Waals surface area contributed by atoms with Crippen molar-refractivity contribution in [1.29, 1.82) is 0 Å². The second kappa shape index (κ2) is 6.10. The summed E-state index contributed by atoms with van der Waals surface area (Å²) in [6.07, 6.45) is 5.70. The lowest BCUT2D eigenvalue weighted by atomic mass is 9.72. The zero-order valence-electron chi connectivity index (χ0n) is 14.3. The minimum Gasteiger partial charge on any atom is -0.313 e. The van der Waals surface area contributed by atoms with E-state index in [9.17, 15) is 5.21 Å². The van der Waals surface area contributed by atoms with Crippen LogP contribution < -0.4 is 0 Å². The van der Waals surface area contributed by atoms with Crippen LogP contribution in [0.5, 0.6) is 0 Å². The lowest BCUT2D eigenvalue weighted by Gasteiger charge is -2.51. The molecule has 1 aromatic rings. The zero-order valence-corrected chi connectivity index (χ0v) is 14.3. The molecule has 21 heavy (non-hydrogen) atoms. The smallest absolute Gasteiger partial charge is 0.0416 e. The Bertz CT molecular complexity index is 443. The molecular formula is C19H31NO. The van der Waals surface area contributed by atoms with Crippen LogP contribution in [0.25, 0.3) is 0 Å². The summed E-state index contributed by atoms with van der Waals surface area (Å²) in [5, 5.41) is 12.0. The normalized spacial score (nSPS) is 22.4. The van der Waals surface area contributed by atoms with Gasteiger partial charge >= 0.3 is 0 Å². The fourth-order valence-corrected chi connectivity index (χ4v) is 3.84. The molecule has 0 bridgehead atoms. The van der Waals surface area contributed by atoms with E-state index in [1.54, 1.807) is 5.06 Å². The van der Waals surface area contributed by atoms with Gasteiger partial charge < -0.3 is 5.21 Å². The minimum absolute atomic E-state index is 0.173. The maximum absolute atomic E-state index is 10.4. The minimum atomic E-state index is -0.173. The van der Waals surface area contributed by atoms with E-state index in [2.05, 4.69) is 58.9 Å². The molecular weight excluding hydrogens is 258 g/mol. The van der Waals surface area contributed by atoms with Crippen LogP contribution in [0.2, 0.25) is 0 Å². The van der Waals surface area contributed by atoms with E-state index in [4.69, 9.17) is 0 Å². The van der Waals surface area contributed by atoms with Crippen molar-refractivity contribution in [3.63, 3.8) is 0 Å². The van der Waals surface area contributed by atoms with E-state index in [-0.39, 0.29) is 11.1 Å². The van der Waals surface area contributed by atoms with Crippen LogP contribution in [0.15, 0.2) is 24.3 Å². The average molecular weight is 289 g/mol. The Balaban J connectivity index is 2.14. The van der Waals surface area contributed by atoms with Crippen LogP contribution in [-0.2, 0) is 6.42 Å². The summed E-state index contributed by atoms with van der Waals surface area (Å²) in [7, 11) is 0. The van der Waals surface area contributed by atoms with Gasteiger partial charge in [0.05, 0.1) is 0 Å². The molecule has 1 saturated heterocycles. The Morgan fingerprint density at radius 1 is 1.05 bits per heavy atom.